The van der Waals surface area contributed by atoms with E-state index in [0.717, 1.165) is 44.5 Å². The molecule has 1 fully saturated rings. The largest absolute Gasteiger partial charge is 0.481 e. The maximum Gasteiger partial charge on any atom is 0.244 e. The lowest BCUT2D eigenvalue weighted by molar-refractivity contribution is -0.124. The summed E-state index contributed by atoms with van der Waals surface area (Å²) in [6.45, 7) is 4.24. The molecule has 0 N–H and O–H groups in total. The fraction of sp³-hybridized carbons (Fsp3) is 0.647. The van der Waals surface area contributed by atoms with Gasteiger partial charge in [0.15, 0.2) is 0 Å². The first-order chi connectivity index (χ1) is 10.7. The monoisotopic (exact) mass is 305 g/mol. The summed E-state index contributed by atoms with van der Waals surface area (Å²) in [6, 6.07) is 3.67. The Hall–Kier alpha value is -1.62. The summed E-state index contributed by atoms with van der Waals surface area (Å²) >= 11 is 0. The van der Waals surface area contributed by atoms with Crippen LogP contribution in [0.3, 0.4) is 0 Å². The van der Waals surface area contributed by atoms with Gasteiger partial charge in [-0.2, -0.15) is 0 Å². The summed E-state index contributed by atoms with van der Waals surface area (Å²) in [5.74, 6) is 0.731. The molecule has 1 unspecified atom stereocenters. The maximum atomic E-state index is 12.9. The molecule has 1 aromatic heterocycles. The Morgan fingerprint density at radius 1 is 1.45 bits per heavy atom. The van der Waals surface area contributed by atoms with Crippen LogP contribution in [0.5, 0.6) is 5.88 Å². The van der Waals surface area contributed by atoms with Gasteiger partial charge in [0, 0.05) is 13.1 Å². The third-order valence-electron chi connectivity index (χ3n) is 4.35. The fourth-order valence-electron chi connectivity index (χ4n) is 2.94. The predicted octanol–water partition coefficient (Wildman–Crippen LogP) is 2.71. The Bertz CT molecular complexity index is 475. The number of carbonyl (C=O) groups is 1. The van der Waals surface area contributed by atoms with Crippen LogP contribution in [0.1, 0.15) is 39.0 Å². The van der Waals surface area contributed by atoms with Gasteiger partial charge < -0.3 is 9.64 Å². The first-order valence-electron chi connectivity index (χ1n) is 8.19. The molecule has 1 aromatic rings. The topological polar surface area (TPSA) is 45.7 Å². The summed E-state index contributed by atoms with van der Waals surface area (Å²) in [7, 11) is 3.42. The van der Waals surface area contributed by atoms with Crippen molar-refractivity contribution in [2.45, 2.75) is 45.1 Å². The maximum absolute atomic E-state index is 12.9. The molecule has 122 valence electrons. The zero-order chi connectivity index (χ0) is 15.9. The number of methoxy groups -OCH3 is 1. The van der Waals surface area contributed by atoms with Crippen molar-refractivity contribution in [3.8, 4) is 5.88 Å². The second kappa shape index (κ2) is 8.13. The molecule has 0 bridgehead atoms. The van der Waals surface area contributed by atoms with E-state index in [1.54, 1.807) is 24.3 Å². The van der Waals surface area contributed by atoms with Crippen LogP contribution < -0.4 is 9.64 Å². The number of unbranched alkanes of at least 4 members (excludes halogenated alkanes) is 1. The van der Waals surface area contributed by atoms with Gasteiger partial charge >= 0.3 is 0 Å². The second-order valence-corrected chi connectivity index (χ2v) is 5.86. The predicted molar refractivity (Wildman–Crippen MR) is 88.3 cm³/mol. The minimum absolute atomic E-state index is 0.00685. The Balaban J connectivity index is 2.06. The van der Waals surface area contributed by atoms with E-state index in [1.807, 2.05) is 13.1 Å². The van der Waals surface area contributed by atoms with Crippen molar-refractivity contribution in [3.05, 3.63) is 18.3 Å². The number of amides is 1. The van der Waals surface area contributed by atoms with Crippen LogP contribution in [0.15, 0.2) is 18.3 Å². The summed E-state index contributed by atoms with van der Waals surface area (Å²) < 4.78 is 5.06. The molecule has 22 heavy (non-hydrogen) atoms. The van der Waals surface area contributed by atoms with Gasteiger partial charge in [-0.05, 0) is 38.4 Å². The lowest BCUT2D eigenvalue weighted by Gasteiger charge is -2.36. The molecule has 1 aliphatic heterocycles. The number of hydrogen-bond donors (Lipinski definition) is 0. The highest BCUT2D eigenvalue weighted by Crippen LogP contribution is 2.22. The van der Waals surface area contributed by atoms with Gasteiger partial charge in [-0.25, -0.2) is 4.98 Å². The van der Waals surface area contributed by atoms with Crippen molar-refractivity contribution >= 4 is 11.6 Å². The Kier molecular flexibility index (Phi) is 6.19. The van der Waals surface area contributed by atoms with Gasteiger partial charge in [0.2, 0.25) is 11.8 Å². The van der Waals surface area contributed by atoms with Crippen molar-refractivity contribution in [1.82, 2.24) is 9.88 Å². The fourth-order valence-corrected chi connectivity index (χ4v) is 2.94. The van der Waals surface area contributed by atoms with E-state index in [9.17, 15) is 4.79 Å². The third kappa shape index (κ3) is 3.97. The number of carbonyl (C=O) groups excluding carboxylic acids is 1. The minimum atomic E-state index is 0.00685. The summed E-state index contributed by atoms with van der Waals surface area (Å²) in [5, 5.41) is 0. The standard InChI is InChI=1S/C17H27N3O2/c1-4-5-11-20-12-7-6-8-15(20)17(21)19(2)14-9-10-16(22-3)18-13-14/h9-10,13,15H,4-8,11-12H2,1-3H3. The van der Waals surface area contributed by atoms with E-state index in [-0.39, 0.29) is 11.9 Å². The summed E-state index contributed by atoms with van der Waals surface area (Å²) in [6.07, 6.45) is 7.29. The van der Waals surface area contributed by atoms with E-state index in [0.29, 0.717) is 5.88 Å². The number of likely N-dealkylation sites (N-methyl/N-ethyl adjacent to an activating group) is 1. The van der Waals surface area contributed by atoms with Crippen molar-refractivity contribution in [2.75, 3.05) is 32.1 Å². The zero-order valence-corrected chi connectivity index (χ0v) is 13.9. The van der Waals surface area contributed by atoms with Crippen LogP contribution in [0.4, 0.5) is 5.69 Å². The molecular weight excluding hydrogens is 278 g/mol. The van der Waals surface area contributed by atoms with Gasteiger partial charge in [-0.15, -0.1) is 0 Å². The number of ether oxygens (including phenoxy) is 1. The molecule has 1 amide bonds. The highest BCUT2D eigenvalue weighted by Gasteiger charge is 2.30. The molecule has 0 radical (unpaired) electrons. The molecule has 0 saturated carbocycles. The van der Waals surface area contributed by atoms with Crippen molar-refractivity contribution in [2.24, 2.45) is 0 Å². The molecule has 1 atom stereocenters. The highest BCUT2D eigenvalue weighted by atomic mass is 16.5. The number of likely N-dealkylation sites (tertiary alicyclic amines) is 1. The first kappa shape index (κ1) is 16.7. The van der Waals surface area contributed by atoms with Crippen LogP contribution in [0.2, 0.25) is 0 Å². The van der Waals surface area contributed by atoms with Crippen LogP contribution in [-0.2, 0) is 4.79 Å². The van der Waals surface area contributed by atoms with Gasteiger partial charge in [-0.1, -0.05) is 19.8 Å². The Morgan fingerprint density at radius 3 is 2.91 bits per heavy atom. The number of piperidine rings is 1. The quantitative estimate of drug-likeness (QED) is 0.810. The van der Waals surface area contributed by atoms with E-state index in [2.05, 4.69) is 16.8 Å². The minimum Gasteiger partial charge on any atom is -0.481 e. The van der Waals surface area contributed by atoms with E-state index >= 15 is 0 Å². The van der Waals surface area contributed by atoms with Crippen molar-refractivity contribution in [3.63, 3.8) is 0 Å². The van der Waals surface area contributed by atoms with Crippen LogP contribution in [-0.4, -0.2) is 49.1 Å². The summed E-state index contributed by atoms with van der Waals surface area (Å²) in [4.78, 5) is 21.1. The van der Waals surface area contributed by atoms with E-state index < -0.39 is 0 Å². The molecule has 1 saturated heterocycles. The lowest BCUT2D eigenvalue weighted by atomic mass is 10.0. The normalized spacial score (nSPS) is 19.0. The molecule has 5 heteroatoms. The van der Waals surface area contributed by atoms with Crippen molar-refractivity contribution < 1.29 is 9.53 Å². The number of hydrogen-bond acceptors (Lipinski definition) is 4. The molecule has 2 heterocycles. The van der Waals surface area contributed by atoms with E-state index in [1.165, 1.54) is 6.42 Å². The average molecular weight is 305 g/mol. The number of rotatable bonds is 6. The number of nitrogens with zero attached hydrogens (tertiary/aromatic N) is 3. The van der Waals surface area contributed by atoms with Gasteiger partial charge in [0.1, 0.15) is 0 Å². The average Bonchev–Trinajstić information content (AvgIpc) is 2.59. The third-order valence-corrected chi connectivity index (χ3v) is 4.35. The SMILES string of the molecule is CCCCN1CCCCC1C(=O)N(C)c1ccc(OC)nc1. The van der Waals surface area contributed by atoms with Crippen LogP contribution >= 0.6 is 0 Å². The lowest BCUT2D eigenvalue weighted by Crippen LogP contribution is -2.50. The van der Waals surface area contributed by atoms with Crippen molar-refractivity contribution in [1.29, 1.82) is 0 Å². The Morgan fingerprint density at radius 2 is 2.27 bits per heavy atom. The van der Waals surface area contributed by atoms with Gasteiger partial charge in [0.05, 0.1) is 25.0 Å². The highest BCUT2D eigenvalue weighted by molar-refractivity contribution is 5.96. The molecule has 0 aromatic carbocycles. The molecule has 0 aliphatic carbocycles. The summed E-state index contributed by atoms with van der Waals surface area (Å²) in [5.41, 5.74) is 0.812. The van der Waals surface area contributed by atoms with Crippen LogP contribution in [0.25, 0.3) is 0 Å². The molecular formula is C17H27N3O2. The Labute approximate surface area is 133 Å². The van der Waals surface area contributed by atoms with Gasteiger partial charge in [-0.3, -0.25) is 9.69 Å². The second-order valence-electron chi connectivity index (χ2n) is 5.86. The van der Waals surface area contributed by atoms with Gasteiger partial charge in [0.25, 0.3) is 0 Å². The van der Waals surface area contributed by atoms with Crippen LogP contribution in [0, 0.1) is 0 Å². The molecule has 5 nitrogen and oxygen atoms in total. The smallest absolute Gasteiger partial charge is 0.244 e. The molecule has 0 spiro atoms. The zero-order valence-electron chi connectivity index (χ0n) is 13.9. The molecule has 2 rings (SSSR count). The molecule has 1 aliphatic rings. The number of pyridine rings is 1. The first-order valence-corrected chi connectivity index (χ1v) is 8.19. The van der Waals surface area contributed by atoms with E-state index in [4.69, 9.17) is 4.74 Å². The number of aromatic nitrogens is 1. The number of anilines is 1.